The lowest BCUT2D eigenvalue weighted by molar-refractivity contribution is -0.384. The quantitative estimate of drug-likeness (QED) is 0.168. The third kappa shape index (κ3) is 4.42. The van der Waals surface area contributed by atoms with Gasteiger partial charge in [-0.25, -0.2) is 0 Å². The van der Waals surface area contributed by atoms with Crippen molar-refractivity contribution in [1.29, 1.82) is 0 Å². The van der Waals surface area contributed by atoms with Gasteiger partial charge >= 0.3 is 0 Å². The summed E-state index contributed by atoms with van der Waals surface area (Å²) < 4.78 is 0. The number of nitrogens with one attached hydrogen (secondary N) is 1. The van der Waals surface area contributed by atoms with Gasteiger partial charge in [0.05, 0.1) is 4.92 Å². The molecule has 0 aromatic heterocycles. The number of non-ortho nitro benzene ring substituents is 1. The van der Waals surface area contributed by atoms with Crippen molar-refractivity contribution in [2.45, 2.75) is 25.7 Å². The van der Waals surface area contributed by atoms with E-state index in [4.69, 9.17) is 10.9 Å². The van der Waals surface area contributed by atoms with E-state index in [-0.39, 0.29) is 16.9 Å². The molecule has 1 aromatic carbocycles. The van der Waals surface area contributed by atoms with Crippen LogP contribution in [-0.2, 0) is 6.42 Å². The summed E-state index contributed by atoms with van der Waals surface area (Å²) in [4.78, 5) is 10.2. The number of hydrogen-bond acceptors (Lipinski definition) is 5. The molecule has 114 valence electrons. The van der Waals surface area contributed by atoms with Gasteiger partial charge in [-0.2, -0.15) is 0 Å². The van der Waals surface area contributed by atoms with E-state index in [0.29, 0.717) is 6.42 Å². The van der Waals surface area contributed by atoms with E-state index in [1.807, 2.05) is 0 Å². The van der Waals surface area contributed by atoms with Crippen LogP contribution in [0, 0.1) is 15.5 Å². The van der Waals surface area contributed by atoms with Gasteiger partial charge in [0.25, 0.3) is 5.69 Å². The maximum Gasteiger partial charge on any atom is 0.269 e. The van der Waals surface area contributed by atoms with Crippen LogP contribution in [-0.4, -0.2) is 29.1 Å². The molecule has 1 fully saturated rings. The molecular formula is C14H20N4O3. The van der Waals surface area contributed by atoms with Crippen molar-refractivity contribution >= 4 is 11.5 Å². The summed E-state index contributed by atoms with van der Waals surface area (Å²) in [5, 5.41) is 25.6. The molecule has 0 spiro atoms. The van der Waals surface area contributed by atoms with Gasteiger partial charge in [-0.15, -0.1) is 0 Å². The van der Waals surface area contributed by atoms with Crippen LogP contribution in [0.3, 0.4) is 0 Å². The van der Waals surface area contributed by atoms with Gasteiger partial charge in [0.1, 0.15) is 5.84 Å². The molecule has 21 heavy (non-hydrogen) atoms. The van der Waals surface area contributed by atoms with E-state index in [9.17, 15) is 10.1 Å². The van der Waals surface area contributed by atoms with E-state index in [1.165, 1.54) is 12.1 Å². The predicted molar refractivity (Wildman–Crippen MR) is 79.4 cm³/mol. The minimum atomic E-state index is -0.397. The van der Waals surface area contributed by atoms with Crippen LogP contribution in [0.5, 0.6) is 0 Å². The molecule has 7 nitrogen and oxygen atoms in total. The molecular weight excluding hydrogens is 272 g/mol. The zero-order chi connectivity index (χ0) is 15.3. The standard InChI is InChI=1S/C14H20N4O3/c15-13(17-19)9-14(6-7-14)10-16-8-5-11-1-3-12(4-2-11)18(20)21/h1-4,16,19H,5-10H2,(H2,15,17). The van der Waals surface area contributed by atoms with Crippen LogP contribution >= 0.6 is 0 Å². The van der Waals surface area contributed by atoms with Gasteiger partial charge in [-0.05, 0) is 36.8 Å². The average Bonchev–Trinajstić information content (AvgIpc) is 3.24. The second kappa shape index (κ2) is 6.53. The normalized spacial score (nSPS) is 16.7. The largest absolute Gasteiger partial charge is 0.409 e. The second-order valence-electron chi connectivity index (χ2n) is 5.62. The van der Waals surface area contributed by atoms with Gasteiger partial charge < -0.3 is 16.3 Å². The highest BCUT2D eigenvalue weighted by atomic mass is 16.6. The third-order valence-electron chi connectivity index (χ3n) is 3.88. The van der Waals surface area contributed by atoms with Crippen molar-refractivity contribution in [3.8, 4) is 0 Å². The first-order valence-corrected chi connectivity index (χ1v) is 6.95. The molecule has 0 unspecified atom stereocenters. The summed E-state index contributed by atoms with van der Waals surface area (Å²) in [7, 11) is 0. The molecule has 0 aliphatic heterocycles. The van der Waals surface area contributed by atoms with E-state index in [2.05, 4.69) is 10.5 Å². The van der Waals surface area contributed by atoms with Crippen LogP contribution in [0.1, 0.15) is 24.8 Å². The zero-order valence-electron chi connectivity index (χ0n) is 11.8. The number of nitrogens with zero attached hydrogens (tertiary/aromatic N) is 2. The molecule has 1 aromatic rings. The number of benzene rings is 1. The highest BCUT2D eigenvalue weighted by molar-refractivity contribution is 5.80. The zero-order valence-corrected chi connectivity index (χ0v) is 11.8. The molecule has 4 N–H and O–H groups in total. The van der Waals surface area contributed by atoms with Crippen molar-refractivity contribution in [2.75, 3.05) is 13.1 Å². The number of nitro benzene ring substituents is 1. The minimum Gasteiger partial charge on any atom is -0.409 e. The molecule has 1 aliphatic carbocycles. The summed E-state index contributed by atoms with van der Waals surface area (Å²) in [6, 6.07) is 6.61. The van der Waals surface area contributed by atoms with Crippen molar-refractivity contribution in [3.05, 3.63) is 39.9 Å². The summed E-state index contributed by atoms with van der Waals surface area (Å²) >= 11 is 0. The first-order chi connectivity index (χ1) is 10.0. The SMILES string of the molecule is NC(CC1(CNCCc2ccc([N+](=O)[O-])cc2)CC1)=NO. The van der Waals surface area contributed by atoms with Crippen molar-refractivity contribution in [1.82, 2.24) is 5.32 Å². The lowest BCUT2D eigenvalue weighted by Gasteiger charge is -2.15. The summed E-state index contributed by atoms with van der Waals surface area (Å²) in [6.45, 7) is 1.64. The average molecular weight is 292 g/mol. The Balaban J connectivity index is 1.71. The monoisotopic (exact) mass is 292 g/mol. The molecule has 0 atom stereocenters. The number of oxime groups is 1. The Hall–Kier alpha value is -2.15. The van der Waals surface area contributed by atoms with Gasteiger partial charge in [0.2, 0.25) is 0 Å². The maximum atomic E-state index is 10.6. The molecule has 0 amide bonds. The first-order valence-electron chi connectivity index (χ1n) is 6.95. The van der Waals surface area contributed by atoms with E-state index < -0.39 is 4.92 Å². The van der Waals surface area contributed by atoms with Gasteiger partial charge in [-0.3, -0.25) is 10.1 Å². The molecule has 0 radical (unpaired) electrons. The summed E-state index contributed by atoms with van der Waals surface area (Å²) in [6.07, 6.45) is 3.62. The number of amidine groups is 1. The van der Waals surface area contributed by atoms with Crippen molar-refractivity contribution in [2.24, 2.45) is 16.3 Å². The Morgan fingerprint density at radius 3 is 2.62 bits per heavy atom. The van der Waals surface area contributed by atoms with Crippen molar-refractivity contribution < 1.29 is 10.1 Å². The topological polar surface area (TPSA) is 114 Å². The van der Waals surface area contributed by atoms with Gasteiger partial charge in [0, 0.05) is 25.1 Å². The fraction of sp³-hybridized carbons (Fsp3) is 0.500. The summed E-state index contributed by atoms with van der Waals surface area (Å²) in [5.41, 5.74) is 6.87. The first kappa shape index (κ1) is 15.2. The predicted octanol–water partition coefficient (Wildman–Crippen LogP) is 1.64. The molecule has 7 heteroatoms. The summed E-state index contributed by atoms with van der Waals surface area (Å²) in [5.74, 6) is 0.282. The second-order valence-corrected chi connectivity index (χ2v) is 5.62. The Morgan fingerprint density at radius 2 is 2.10 bits per heavy atom. The fourth-order valence-corrected chi connectivity index (χ4v) is 2.38. The smallest absolute Gasteiger partial charge is 0.269 e. The van der Waals surface area contributed by atoms with Crippen LogP contribution in [0.4, 0.5) is 5.69 Å². The molecule has 1 saturated carbocycles. The molecule has 1 aliphatic rings. The Kier molecular flexibility index (Phi) is 4.74. The molecule has 0 saturated heterocycles. The minimum absolute atomic E-state index is 0.113. The van der Waals surface area contributed by atoms with E-state index in [0.717, 1.165) is 37.9 Å². The number of nitro groups is 1. The highest BCUT2D eigenvalue weighted by Gasteiger charge is 2.42. The lowest BCUT2D eigenvalue weighted by Crippen LogP contribution is -2.29. The number of nitrogens with two attached hydrogens (primary N) is 1. The van der Waals surface area contributed by atoms with Crippen molar-refractivity contribution in [3.63, 3.8) is 0 Å². The molecule has 0 bridgehead atoms. The van der Waals surface area contributed by atoms with Crippen LogP contribution in [0.15, 0.2) is 29.4 Å². The highest BCUT2D eigenvalue weighted by Crippen LogP contribution is 2.48. The Labute approximate surface area is 123 Å². The van der Waals surface area contributed by atoms with Crippen LogP contribution in [0.25, 0.3) is 0 Å². The van der Waals surface area contributed by atoms with E-state index in [1.54, 1.807) is 12.1 Å². The van der Waals surface area contributed by atoms with Crippen LogP contribution < -0.4 is 11.1 Å². The molecule has 2 rings (SSSR count). The van der Waals surface area contributed by atoms with Gasteiger partial charge in [-0.1, -0.05) is 17.3 Å². The number of rotatable bonds is 8. The van der Waals surface area contributed by atoms with E-state index >= 15 is 0 Å². The molecule has 0 heterocycles. The third-order valence-corrected chi connectivity index (χ3v) is 3.88. The lowest BCUT2D eigenvalue weighted by atomic mass is 10.0. The maximum absolute atomic E-state index is 10.6. The Morgan fingerprint density at radius 1 is 1.43 bits per heavy atom. The number of hydrogen-bond donors (Lipinski definition) is 3. The Bertz CT molecular complexity index is 524. The van der Waals surface area contributed by atoms with Gasteiger partial charge in [0.15, 0.2) is 0 Å². The van der Waals surface area contributed by atoms with Crippen LogP contribution in [0.2, 0.25) is 0 Å². The fourth-order valence-electron chi connectivity index (χ4n) is 2.38.